The van der Waals surface area contributed by atoms with Gasteiger partial charge in [-0.2, -0.15) is 0 Å². The molecule has 0 saturated heterocycles. The van der Waals surface area contributed by atoms with Crippen molar-refractivity contribution in [1.82, 2.24) is 9.97 Å². The molecule has 0 saturated carbocycles. The van der Waals surface area contributed by atoms with Crippen molar-refractivity contribution in [2.24, 2.45) is 0 Å². The van der Waals surface area contributed by atoms with Crippen LogP contribution in [0.4, 0.5) is 11.6 Å². The minimum absolute atomic E-state index is 0.146. The molecule has 114 valence electrons. The number of hydrogen-bond acceptors (Lipinski definition) is 6. The third-order valence-electron chi connectivity index (χ3n) is 2.62. The second kappa shape index (κ2) is 9.50. The van der Waals surface area contributed by atoms with Crippen LogP contribution >= 0.6 is 0 Å². The van der Waals surface area contributed by atoms with Gasteiger partial charge in [-0.25, -0.2) is 9.97 Å². The molecule has 0 aliphatic rings. The van der Waals surface area contributed by atoms with Gasteiger partial charge in [-0.1, -0.05) is 6.92 Å². The Labute approximate surface area is 121 Å². The third kappa shape index (κ3) is 6.16. The van der Waals surface area contributed by atoms with Crippen LogP contribution in [-0.2, 0) is 16.1 Å². The van der Waals surface area contributed by atoms with E-state index >= 15 is 0 Å². The van der Waals surface area contributed by atoms with Crippen LogP contribution in [0.5, 0.6) is 0 Å². The van der Waals surface area contributed by atoms with Gasteiger partial charge < -0.3 is 20.1 Å². The number of ether oxygens (including phenoxy) is 2. The molecule has 0 radical (unpaired) electrons. The maximum absolute atomic E-state index is 5.49. The summed E-state index contributed by atoms with van der Waals surface area (Å²) in [5.74, 6) is 2.28. The Morgan fingerprint density at radius 3 is 2.50 bits per heavy atom. The fourth-order valence-corrected chi connectivity index (χ4v) is 1.72. The topological polar surface area (TPSA) is 68.3 Å². The van der Waals surface area contributed by atoms with Gasteiger partial charge in [-0.05, 0) is 20.3 Å². The van der Waals surface area contributed by atoms with Crippen LogP contribution in [0.2, 0.25) is 0 Å². The Kier molecular flexibility index (Phi) is 7.91. The smallest absolute Gasteiger partial charge is 0.158 e. The van der Waals surface area contributed by atoms with Gasteiger partial charge in [-0.3, -0.25) is 0 Å². The summed E-state index contributed by atoms with van der Waals surface area (Å²) in [7, 11) is 1.64. The van der Waals surface area contributed by atoms with Gasteiger partial charge in [0.2, 0.25) is 0 Å². The van der Waals surface area contributed by atoms with E-state index in [0.29, 0.717) is 25.6 Å². The summed E-state index contributed by atoms with van der Waals surface area (Å²) in [4.78, 5) is 8.83. The molecule has 0 spiro atoms. The lowest BCUT2D eigenvalue weighted by Gasteiger charge is -2.14. The predicted molar refractivity (Wildman–Crippen MR) is 81.1 cm³/mol. The number of anilines is 2. The van der Waals surface area contributed by atoms with Crippen LogP contribution in [0.3, 0.4) is 0 Å². The van der Waals surface area contributed by atoms with E-state index in [9.17, 15) is 0 Å². The van der Waals surface area contributed by atoms with Crippen molar-refractivity contribution >= 4 is 11.6 Å². The number of hydrogen-bond donors (Lipinski definition) is 2. The largest absolute Gasteiger partial charge is 0.377 e. The minimum Gasteiger partial charge on any atom is -0.377 e. The van der Waals surface area contributed by atoms with Crippen molar-refractivity contribution in [3.63, 3.8) is 0 Å². The number of nitrogens with one attached hydrogen (secondary N) is 2. The van der Waals surface area contributed by atoms with Gasteiger partial charge in [0, 0.05) is 32.9 Å². The van der Waals surface area contributed by atoms with Crippen LogP contribution < -0.4 is 10.6 Å². The first-order valence-corrected chi connectivity index (χ1v) is 7.15. The van der Waals surface area contributed by atoms with E-state index in [-0.39, 0.29) is 6.10 Å². The Balaban J connectivity index is 2.69. The van der Waals surface area contributed by atoms with Gasteiger partial charge in [0.25, 0.3) is 0 Å². The molecule has 6 nitrogen and oxygen atoms in total. The van der Waals surface area contributed by atoms with Crippen LogP contribution in [0.15, 0.2) is 6.07 Å². The SMILES string of the molecule is CCCNc1cc(NCC(C)OCC)nc(COC)n1. The molecule has 0 amide bonds. The van der Waals surface area contributed by atoms with E-state index in [1.165, 1.54) is 0 Å². The molecule has 0 aliphatic carbocycles. The summed E-state index contributed by atoms with van der Waals surface area (Å²) >= 11 is 0. The van der Waals surface area contributed by atoms with Crippen molar-refractivity contribution in [2.75, 3.05) is 37.4 Å². The highest BCUT2D eigenvalue weighted by Gasteiger charge is 2.06. The first-order valence-electron chi connectivity index (χ1n) is 7.15. The molecule has 0 fully saturated rings. The molecule has 1 atom stereocenters. The quantitative estimate of drug-likeness (QED) is 0.686. The summed E-state index contributed by atoms with van der Waals surface area (Å²) in [5.41, 5.74) is 0. The molecule has 1 aromatic rings. The summed E-state index contributed by atoms with van der Waals surface area (Å²) < 4.78 is 10.6. The van der Waals surface area contributed by atoms with E-state index in [1.807, 2.05) is 19.9 Å². The van der Waals surface area contributed by atoms with Crippen molar-refractivity contribution in [3.8, 4) is 0 Å². The lowest BCUT2D eigenvalue weighted by molar-refractivity contribution is 0.0854. The second-order valence-corrected chi connectivity index (χ2v) is 4.56. The van der Waals surface area contributed by atoms with E-state index < -0.39 is 0 Å². The summed E-state index contributed by atoms with van der Waals surface area (Å²) in [5, 5.41) is 6.54. The van der Waals surface area contributed by atoms with E-state index in [1.54, 1.807) is 7.11 Å². The van der Waals surface area contributed by atoms with Crippen LogP contribution in [0.1, 0.15) is 33.0 Å². The fraction of sp³-hybridized carbons (Fsp3) is 0.714. The number of methoxy groups -OCH3 is 1. The molecule has 2 N–H and O–H groups in total. The predicted octanol–water partition coefficient (Wildman–Crippen LogP) is 2.28. The summed E-state index contributed by atoms with van der Waals surface area (Å²) in [6.45, 7) is 8.85. The van der Waals surface area contributed by atoms with Crippen molar-refractivity contribution < 1.29 is 9.47 Å². The third-order valence-corrected chi connectivity index (χ3v) is 2.62. The van der Waals surface area contributed by atoms with Gasteiger partial charge in [0.1, 0.15) is 18.2 Å². The van der Waals surface area contributed by atoms with Crippen molar-refractivity contribution in [1.29, 1.82) is 0 Å². The van der Waals surface area contributed by atoms with Gasteiger partial charge in [-0.15, -0.1) is 0 Å². The zero-order valence-corrected chi connectivity index (χ0v) is 12.9. The molecule has 1 heterocycles. The Morgan fingerprint density at radius 2 is 1.90 bits per heavy atom. The highest BCUT2D eigenvalue weighted by Crippen LogP contribution is 2.12. The van der Waals surface area contributed by atoms with Gasteiger partial charge in [0.05, 0.1) is 6.10 Å². The van der Waals surface area contributed by atoms with E-state index in [2.05, 4.69) is 27.5 Å². The molecule has 20 heavy (non-hydrogen) atoms. The van der Waals surface area contributed by atoms with Crippen LogP contribution in [0.25, 0.3) is 0 Å². The lowest BCUT2D eigenvalue weighted by Crippen LogP contribution is -2.20. The summed E-state index contributed by atoms with van der Waals surface area (Å²) in [6, 6.07) is 1.91. The molecule has 1 aromatic heterocycles. The molecule has 0 aromatic carbocycles. The highest BCUT2D eigenvalue weighted by atomic mass is 16.5. The Morgan fingerprint density at radius 1 is 1.20 bits per heavy atom. The van der Waals surface area contributed by atoms with Crippen LogP contribution in [0, 0.1) is 0 Å². The van der Waals surface area contributed by atoms with Gasteiger partial charge in [0.15, 0.2) is 5.82 Å². The zero-order chi connectivity index (χ0) is 14.8. The van der Waals surface area contributed by atoms with Gasteiger partial charge >= 0.3 is 0 Å². The normalized spacial score (nSPS) is 12.2. The maximum atomic E-state index is 5.49. The first-order chi connectivity index (χ1) is 9.69. The molecule has 0 bridgehead atoms. The van der Waals surface area contributed by atoms with Crippen molar-refractivity contribution in [2.45, 2.75) is 39.9 Å². The molecular weight excluding hydrogens is 256 g/mol. The monoisotopic (exact) mass is 282 g/mol. The van der Waals surface area contributed by atoms with E-state index in [0.717, 1.165) is 24.6 Å². The molecule has 1 unspecified atom stereocenters. The number of nitrogens with zero attached hydrogens (tertiary/aromatic N) is 2. The molecule has 1 rings (SSSR count). The minimum atomic E-state index is 0.146. The standard InChI is InChI=1S/C14H26N4O2/c1-5-7-15-12-8-13(16-9-11(3)20-6-2)18-14(17-12)10-19-4/h8,11H,5-7,9-10H2,1-4H3,(H2,15,16,17,18). The number of rotatable bonds is 10. The average molecular weight is 282 g/mol. The highest BCUT2D eigenvalue weighted by molar-refractivity contribution is 5.47. The van der Waals surface area contributed by atoms with Crippen LogP contribution in [-0.4, -0.2) is 42.9 Å². The van der Waals surface area contributed by atoms with Crippen molar-refractivity contribution in [3.05, 3.63) is 11.9 Å². The first kappa shape index (κ1) is 16.7. The van der Waals surface area contributed by atoms with E-state index in [4.69, 9.17) is 9.47 Å². The molecule has 0 aliphatic heterocycles. The Bertz CT molecular complexity index is 387. The average Bonchev–Trinajstić information content (AvgIpc) is 2.43. The fourth-order valence-electron chi connectivity index (χ4n) is 1.72. The maximum Gasteiger partial charge on any atom is 0.158 e. The summed E-state index contributed by atoms with van der Waals surface area (Å²) in [6.07, 6.45) is 1.20. The zero-order valence-electron chi connectivity index (χ0n) is 12.9. The second-order valence-electron chi connectivity index (χ2n) is 4.56. The molecular formula is C14H26N4O2. The lowest BCUT2D eigenvalue weighted by atomic mass is 10.4. The Hall–Kier alpha value is -1.40. The molecule has 6 heteroatoms. The number of aromatic nitrogens is 2.